The summed E-state index contributed by atoms with van der Waals surface area (Å²) in [6.45, 7) is 2.89. The van der Waals surface area contributed by atoms with E-state index in [1.807, 2.05) is 18.2 Å². The fraction of sp³-hybridized carbons (Fsp3) is 0.600. The number of hydrogen-bond acceptors (Lipinski definition) is 2. The van der Waals surface area contributed by atoms with Gasteiger partial charge in [-0.1, -0.05) is 36.2 Å². The highest BCUT2D eigenvalue weighted by molar-refractivity contribution is 6.31. The third-order valence-corrected chi connectivity index (χ3v) is 4.43. The molecule has 2 rings (SSSR count). The van der Waals surface area contributed by atoms with Gasteiger partial charge in [-0.2, -0.15) is 0 Å². The molecule has 0 radical (unpaired) electrons. The molecule has 18 heavy (non-hydrogen) atoms. The molecule has 1 aromatic carbocycles. The first kappa shape index (κ1) is 13.9. The monoisotopic (exact) mass is 266 g/mol. The van der Waals surface area contributed by atoms with Gasteiger partial charge in [0.1, 0.15) is 0 Å². The molecule has 2 N–H and O–H groups in total. The van der Waals surface area contributed by atoms with E-state index >= 15 is 0 Å². The lowest BCUT2D eigenvalue weighted by atomic mass is 9.95. The van der Waals surface area contributed by atoms with Crippen LogP contribution in [0, 0.1) is 11.8 Å². The van der Waals surface area contributed by atoms with Crippen molar-refractivity contribution in [1.29, 1.82) is 0 Å². The Balaban J connectivity index is 1.89. The summed E-state index contributed by atoms with van der Waals surface area (Å²) in [5.74, 6) is 1.49. The van der Waals surface area contributed by atoms with Gasteiger partial charge in [-0.15, -0.1) is 0 Å². The second-order valence-corrected chi connectivity index (χ2v) is 5.88. The SMILES string of the molecule is CN(Cc1ccccc1Cl)CC1CCCC1CN. The summed E-state index contributed by atoms with van der Waals surface area (Å²) < 4.78 is 0. The molecular weight excluding hydrogens is 244 g/mol. The molecule has 1 aromatic rings. The maximum absolute atomic E-state index is 6.19. The summed E-state index contributed by atoms with van der Waals surface area (Å²) in [5.41, 5.74) is 7.05. The Kier molecular flexibility index (Phi) is 5.04. The van der Waals surface area contributed by atoms with Crippen molar-refractivity contribution in [2.75, 3.05) is 20.1 Å². The number of benzene rings is 1. The van der Waals surface area contributed by atoms with Gasteiger partial charge in [0.25, 0.3) is 0 Å². The van der Waals surface area contributed by atoms with Gasteiger partial charge in [-0.3, -0.25) is 0 Å². The Labute approximate surface area is 115 Å². The van der Waals surface area contributed by atoms with Gasteiger partial charge < -0.3 is 10.6 Å². The van der Waals surface area contributed by atoms with Crippen molar-refractivity contribution in [3.8, 4) is 0 Å². The fourth-order valence-corrected chi connectivity index (χ4v) is 3.24. The van der Waals surface area contributed by atoms with E-state index in [4.69, 9.17) is 17.3 Å². The Morgan fingerprint density at radius 2 is 2.00 bits per heavy atom. The first-order valence-electron chi connectivity index (χ1n) is 6.82. The number of halogens is 1. The maximum atomic E-state index is 6.19. The second-order valence-electron chi connectivity index (χ2n) is 5.47. The Morgan fingerprint density at radius 3 is 2.72 bits per heavy atom. The molecule has 2 unspecified atom stereocenters. The Morgan fingerprint density at radius 1 is 1.28 bits per heavy atom. The van der Waals surface area contributed by atoms with E-state index in [1.165, 1.54) is 24.8 Å². The minimum absolute atomic E-state index is 0.721. The van der Waals surface area contributed by atoms with E-state index in [9.17, 15) is 0 Å². The zero-order valence-electron chi connectivity index (χ0n) is 11.1. The van der Waals surface area contributed by atoms with E-state index in [0.717, 1.165) is 36.5 Å². The average Bonchev–Trinajstić information content (AvgIpc) is 2.79. The molecular formula is C15H23ClN2. The van der Waals surface area contributed by atoms with Crippen LogP contribution in [0.2, 0.25) is 5.02 Å². The van der Waals surface area contributed by atoms with Crippen LogP contribution in [-0.4, -0.2) is 25.0 Å². The van der Waals surface area contributed by atoms with Crippen LogP contribution in [0.5, 0.6) is 0 Å². The van der Waals surface area contributed by atoms with Crippen LogP contribution in [0.3, 0.4) is 0 Å². The predicted octanol–water partition coefficient (Wildman–Crippen LogP) is 3.15. The molecule has 2 nitrogen and oxygen atoms in total. The van der Waals surface area contributed by atoms with Crippen LogP contribution in [0.1, 0.15) is 24.8 Å². The number of nitrogens with zero attached hydrogens (tertiary/aromatic N) is 1. The molecule has 0 aliphatic heterocycles. The maximum Gasteiger partial charge on any atom is 0.0451 e. The van der Waals surface area contributed by atoms with Gasteiger partial charge in [-0.05, 0) is 49.9 Å². The van der Waals surface area contributed by atoms with Crippen LogP contribution in [-0.2, 0) is 6.54 Å². The molecule has 100 valence electrons. The summed E-state index contributed by atoms with van der Waals surface area (Å²) in [6.07, 6.45) is 3.97. The minimum atomic E-state index is 0.721. The van der Waals surface area contributed by atoms with Crippen molar-refractivity contribution in [2.45, 2.75) is 25.8 Å². The highest BCUT2D eigenvalue weighted by Crippen LogP contribution is 2.31. The lowest BCUT2D eigenvalue weighted by Gasteiger charge is -2.25. The molecule has 1 fully saturated rings. The molecule has 1 aliphatic rings. The molecule has 3 heteroatoms. The van der Waals surface area contributed by atoms with E-state index in [0.29, 0.717) is 0 Å². The zero-order chi connectivity index (χ0) is 13.0. The van der Waals surface area contributed by atoms with Gasteiger partial charge in [0.05, 0.1) is 0 Å². The molecule has 1 saturated carbocycles. The molecule has 0 amide bonds. The average molecular weight is 267 g/mol. The van der Waals surface area contributed by atoms with Gasteiger partial charge in [0.2, 0.25) is 0 Å². The molecule has 0 heterocycles. The van der Waals surface area contributed by atoms with Gasteiger partial charge in [0, 0.05) is 18.1 Å². The van der Waals surface area contributed by atoms with Crippen molar-refractivity contribution in [3.05, 3.63) is 34.9 Å². The van der Waals surface area contributed by atoms with E-state index < -0.39 is 0 Å². The summed E-state index contributed by atoms with van der Waals surface area (Å²) in [4.78, 5) is 2.37. The standard InChI is InChI=1S/C15H23ClN2/c1-18(10-13-7-4-6-12(13)9-17)11-14-5-2-3-8-15(14)16/h2-3,5,8,12-13H,4,6-7,9-11,17H2,1H3. The molecule has 0 spiro atoms. The molecule has 0 saturated heterocycles. The normalized spacial score (nSPS) is 23.8. The molecule has 0 bridgehead atoms. The number of nitrogens with two attached hydrogens (primary N) is 1. The second kappa shape index (κ2) is 6.55. The Bertz CT molecular complexity index is 381. The van der Waals surface area contributed by atoms with Crippen molar-refractivity contribution in [2.24, 2.45) is 17.6 Å². The van der Waals surface area contributed by atoms with E-state index in [-0.39, 0.29) is 0 Å². The van der Waals surface area contributed by atoms with Gasteiger partial charge >= 0.3 is 0 Å². The molecule has 1 aliphatic carbocycles. The zero-order valence-corrected chi connectivity index (χ0v) is 11.9. The number of hydrogen-bond donors (Lipinski definition) is 1. The van der Waals surface area contributed by atoms with Gasteiger partial charge in [0.15, 0.2) is 0 Å². The van der Waals surface area contributed by atoms with Crippen molar-refractivity contribution in [1.82, 2.24) is 4.90 Å². The predicted molar refractivity (Wildman–Crippen MR) is 77.7 cm³/mol. The van der Waals surface area contributed by atoms with Crippen LogP contribution in [0.15, 0.2) is 24.3 Å². The fourth-order valence-electron chi connectivity index (χ4n) is 3.05. The largest absolute Gasteiger partial charge is 0.330 e. The lowest BCUT2D eigenvalue weighted by Crippen LogP contribution is -2.30. The third kappa shape index (κ3) is 3.47. The summed E-state index contributed by atoms with van der Waals surface area (Å²) in [5, 5.41) is 0.867. The summed E-state index contributed by atoms with van der Waals surface area (Å²) in [7, 11) is 2.18. The van der Waals surface area contributed by atoms with E-state index in [2.05, 4.69) is 18.0 Å². The molecule has 2 atom stereocenters. The van der Waals surface area contributed by atoms with Crippen molar-refractivity contribution < 1.29 is 0 Å². The number of rotatable bonds is 5. The van der Waals surface area contributed by atoms with Crippen molar-refractivity contribution in [3.63, 3.8) is 0 Å². The third-order valence-electron chi connectivity index (χ3n) is 4.06. The van der Waals surface area contributed by atoms with Crippen LogP contribution >= 0.6 is 11.6 Å². The van der Waals surface area contributed by atoms with Gasteiger partial charge in [-0.25, -0.2) is 0 Å². The van der Waals surface area contributed by atoms with Crippen LogP contribution in [0.4, 0.5) is 0 Å². The minimum Gasteiger partial charge on any atom is -0.330 e. The summed E-state index contributed by atoms with van der Waals surface area (Å²) in [6, 6.07) is 8.09. The Hall–Kier alpha value is -0.570. The van der Waals surface area contributed by atoms with Crippen LogP contribution in [0.25, 0.3) is 0 Å². The first-order valence-corrected chi connectivity index (χ1v) is 7.20. The quantitative estimate of drug-likeness (QED) is 0.887. The lowest BCUT2D eigenvalue weighted by molar-refractivity contribution is 0.237. The highest BCUT2D eigenvalue weighted by Gasteiger charge is 2.26. The summed E-state index contributed by atoms with van der Waals surface area (Å²) >= 11 is 6.19. The highest BCUT2D eigenvalue weighted by atomic mass is 35.5. The molecule has 0 aromatic heterocycles. The first-order chi connectivity index (χ1) is 8.70. The van der Waals surface area contributed by atoms with Crippen LogP contribution < -0.4 is 5.73 Å². The topological polar surface area (TPSA) is 29.3 Å². The smallest absolute Gasteiger partial charge is 0.0451 e. The van der Waals surface area contributed by atoms with E-state index in [1.54, 1.807) is 0 Å². The van der Waals surface area contributed by atoms with Crippen molar-refractivity contribution >= 4 is 11.6 Å².